The zero-order valence-corrected chi connectivity index (χ0v) is 7.43. The number of aliphatic carboxylic acids is 1. The maximum atomic E-state index is 10.7. The molecule has 0 spiro atoms. The van der Waals surface area contributed by atoms with Crippen LogP contribution in [0.25, 0.3) is 0 Å². The predicted molar refractivity (Wildman–Crippen MR) is 46.0 cm³/mol. The van der Waals surface area contributed by atoms with E-state index in [0.29, 0.717) is 0 Å². The maximum Gasteiger partial charge on any atom is 0.321 e. The van der Waals surface area contributed by atoms with E-state index in [1.165, 1.54) is 0 Å². The van der Waals surface area contributed by atoms with Crippen LogP contribution in [0.15, 0.2) is 0 Å². The molecule has 1 rings (SSSR count). The summed E-state index contributed by atoms with van der Waals surface area (Å²) in [5.41, 5.74) is 0. The second kappa shape index (κ2) is 3.97. The van der Waals surface area contributed by atoms with Gasteiger partial charge in [-0.05, 0) is 25.8 Å². The molecule has 1 fully saturated rings. The Labute approximate surface area is 70.8 Å². The molecule has 0 aromatic rings. The second-order valence-electron chi connectivity index (χ2n) is 2.76. The van der Waals surface area contributed by atoms with Crippen molar-refractivity contribution in [1.82, 2.24) is 4.90 Å². The van der Waals surface area contributed by atoms with Gasteiger partial charge in [-0.3, -0.25) is 9.69 Å². The fourth-order valence-corrected chi connectivity index (χ4v) is 2.27. The van der Waals surface area contributed by atoms with E-state index in [9.17, 15) is 4.79 Å². The third-order valence-corrected chi connectivity index (χ3v) is 3.02. The summed E-state index contributed by atoms with van der Waals surface area (Å²) in [5, 5.41) is 8.78. The summed E-state index contributed by atoms with van der Waals surface area (Å²) in [6.07, 6.45) is 1.10. The normalized spacial score (nSPS) is 27.9. The Kier molecular flexibility index (Phi) is 3.20. The average Bonchev–Trinajstić information content (AvgIpc) is 2.13. The first-order valence-electron chi connectivity index (χ1n) is 3.72. The Morgan fingerprint density at radius 1 is 1.73 bits per heavy atom. The quantitative estimate of drug-likeness (QED) is 0.630. The van der Waals surface area contributed by atoms with E-state index in [0.717, 1.165) is 24.5 Å². The molecular weight excluding hydrogens is 162 g/mol. The molecule has 4 heteroatoms. The van der Waals surface area contributed by atoms with Crippen molar-refractivity contribution in [3.63, 3.8) is 0 Å². The highest BCUT2D eigenvalue weighted by molar-refractivity contribution is 7.99. The lowest BCUT2D eigenvalue weighted by atomic mass is 10.3. The Bertz CT molecular complexity index is 151. The van der Waals surface area contributed by atoms with Crippen LogP contribution in [-0.2, 0) is 4.79 Å². The molecule has 1 saturated heterocycles. The molecule has 0 radical (unpaired) electrons. The molecule has 0 bridgehead atoms. The van der Waals surface area contributed by atoms with Gasteiger partial charge in [0.05, 0.1) is 0 Å². The number of carbonyl (C=O) groups is 1. The number of hydrogen-bond acceptors (Lipinski definition) is 3. The van der Waals surface area contributed by atoms with Crippen LogP contribution in [0.2, 0.25) is 0 Å². The van der Waals surface area contributed by atoms with E-state index >= 15 is 0 Å². The Hall–Kier alpha value is -0.220. The summed E-state index contributed by atoms with van der Waals surface area (Å²) in [6, 6.07) is -0.275. The van der Waals surface area contributed by atoms with Gasteiger partial charge in [0.25, 0.3) is 0 Å². The lowest BCUT2D eigenvalue weighted by Crippen LogP contribution is -2.39. The third kappa shape index (κ3) is 2.38. The van der Waals surface area contributed by atoms with Gasteiger partial charge in [0, 0.05) is 5.75 Å². The molecule has 0 saturated carbocycles. The molecule has 1 aliphatic heterocycles. The number of hydrogen-bond donors (Lipinski definition) is 1. The minimum Gasteiger partial charge on any atom is -0.480 e. The summed E-state index contributed by atoms with van der Waals surface area (Å²) in [7, 11) is 1.88. The van der Waals surface area contributed by atoms with Gasteiger partial charge in [-0.2, -0.15) is 11.8 Å². The van der Waals surface area contributed by atoms with E-state index in [2.05, 4.69) is 0 Å². The van der Waals surface area contributed by atoms with Crippen LogP contribution in [0.1, 0.15) is 6.42 Å². The van der Waals surface area contributed by atoms with Crippen LogP contribution in [-0.4, -0.2) is 47.1 Å². The van der Waals surface area contributed by atoms with Crippen molar-refractivity contribution in [1.29, 1.82) is 0 Å². The van der Waals surface area contributed by atoms with Crippen molar-refractivity contribution in [2.45, 2.75) is 12.5 Å². The summed E-state index contributed by atoms with van der Waals surface area (Å²) in [4.78, 5) is 12.6. The molecule has 3 nitrogen and oxygen atoms in total. The second-order valence-corrected chi connectivity index (χ2v) is 3.91. The third-order valence-electron chi connectivity index (χ3n) is 1.89. The van der Waals surface area contributed by atoms with E-state index in [1.54, 1.807) is 11.8 Å². The highest BCUT2D eigenvalue weighted by Crippen LogP contribution is 2.14. The van der Waals surface area contributed by atoms with Crippen LogP contribution >= 0.6 is 11.8 Å². The van der Waals surface area contributed by atoms with Crippen LogP contribution in [0.5, 0.6) is 0 Å². The summed E-state index contributed by atoms with van der Waals surface area (Å²) < 4.78 is 0. The topological polar surface area (TPSA) is 40.5 Å². The van der Waals surface area contributed by atoms with Gasteiger partial charge in [-0.25, -0.2) is 0 Å². The molecule has 64 valence electrons. The van der Waals surface area contributed by atoms with E-state index in [1.807, 2.05) is 11.9 Å². The molecule has 1 atom stereocenters. The highest BCUT2D eigenvalue weighted by Gasteiger charge is 2.23. The van der Waals surface area contributed by atoms with Gasteiger partial charge >= 0.3 is 5.97 Å². The largest absolute Gasteiger partial charge is 0.480 e. The van der Waals surface area contributed by atoms with Crippen molar-refractivity contribution in [2.24, 2.45) is 0 Å². The number of likely N-dealkylation sites (N-methyl/N-ethyl adjacent to an activating group) is 1. The number of carboxylic acid groups (broad SMARTS) is 1. The van der Waals surface area contributed by atoms with Gasteiger partial charge in [-0.1, -0.05) is 0 Å². The number of nitrogens with zero attached hydrogens (tertiary/aromatic N) is 1. The Morgan fingerprint density at radius 3 is 3.09 bits per heavy atom. The summed E-state index contributed by atoms with van der Waals surface area (Å²) >= 11 is 1.73. The number of rotatable bonds is 1. The number of thioether (sulfide) groups is 1. The van der Waals surface area contributed by atoms with Gasteiger partial charge in [0.2, 0.25) is 0 Å². The molecule has 1 unspecified atom stereocenters. The van der Waals surface area contributed by atoms with Crippen molar-refractivity contribution in [3.05, 3.63) is 0 Å². The van der Waals surface area contributed by atoms with E-state index in [4.69, 9.17) is 5.11 Å². The molecule has 0 aromatic heterocycles. The zero-order chi connectivity index (χ0) is 8.27. The monoisotopic (exact) mass is 175 g/mol. The summed E-state index contributed by atoms with van der Waals surface area (Å²) in [6.45, 7) is 0.907. The first kappa shape index (κ1) is 8.87. The molecular formula is C7H13NO2S. The lowest BCUT2D eigenvalue weighted by Gasteiger charge is -2.20. The molecule has 1 N–H and O–H groups in total. The standard InChI is InChI=1S/C7H13NO2S/c1-8-3-2-4-11-5-6(8)7(9)10/h6H,2-5H2,1H3,(H,9,10). The van der Waals surface area contributed by atoms with E-state index in [-0.39, 0.29) is 6.04 Å². The fraction of sp³-hybridized carbons (Fsp3) is 0.857. The lowest BCUT2D eigenvalue weighted by molar-refractivity contribution is -0.141. The smallest absolute Gasteiger partial charge is 0.321 e. The zero-order valence-electron chi connectivity index (χ0n) is 6.62. The van der Waals surface area contributed by atoms with Crippen LogP contribution < -0.4 is 0 Å². The molecule has 11 heavy (non-hydrogen) atoms. The molecule has 1 heterocycles. The van der Waals surface area contributed by atoms with Crippen molar-refractivity contribution in [2.75, 3.05) is 25.1 Å². The maximum absolute atomic E-state index is 10.7. The number of carboxylic acids is 1. The molecule has 1 aliphatic rings. The minimum atomic E-state index is -0.693. The first-order chi connectivity index (χ1) is 5.22. The SMILES string of the molecule is CN1CCCSCC1C(=O)O. The van der Waals surface area contributed by atoms with Crippen molar-refractivity contribution < 1.29 is 9.90 Å². The van der Waals surface area contributed by atoms with Gasteiger partial charge in [-0.15, -0.1) is 0 Å². The molecule has 0 aromatic carbocycles. The fourth-order valence-electron chi connectivity index (χ4n) is 1.15. The molecule has 0 amide bonds. The minimum absolute atomic E-state index is 0.275. The summed E-state index contributed by atoms with van der Waals surface area (Å²) in [5.74, 6) is 1.13. The predicted octanol–water partition coefficient (Wildman–Crippen LogP) is 0.508. The van der Waals surface area contributed by atoms with Gasteiger partial charge in [0.1, 0.15) is 6.04 Å². The Morgan fingerprint density at radius 2 is 2.45 bits per heavy atom. The molecule has 0 aliphatic carbocycles. The Balaban J connectivity index is 2.52. The van der Waals surface area contributed by atoms with Crippen molar-refractivity contribution in [3.8, 4) is 0 Å². The van der Waals surface area contributed by atoms with Crippen LogP contribution in [0, 0.1) is 0 Å². The van der Waals surface area contributed by atoms with E-state index < -0.39 is 5.97 Å². The van der Waals surface area contributed by atoms with Gasteiger partial charge in [0.15, 0.2) is 0 Å². The van der Waals surface area contributed by atoms with Gasteiger partial charge < -0.3 is 5.11 Å². The first-order valence-corrected chi connectivity index (χ1v) is 4.88. The highest BCUT2D eigenvalue weighted by atomic mass is 32.2. The van der Waals surface area contributed by atoms with Crippen LogP contribution in [0.3, 0.4) is 0 Å². The average molecular weight is 175 g/mol. The van der Waals surface area contributed by atoms with Crippen molar-refractivity contribution >= 4 is 17.7 Å². The van der Waals surface area contributed by atoms with Crippen LogP contribution in [0.4, 0.5) is 0 Å².